The Kier molecular flexibility index (Phi) is 6.15. The number of ether oxygens (including phenoxy) is 1. The molecule has 1 aliphatic rings. The van der Waals surface area contributed by atoms with Gasteiger partial charge in [0, 0.05) is 32.3 Å². The van der Waals surface area contributed by atoms with Crippen LogP contribution >= 0.6 is 0 Å². The maximum Gasteiger partial charge on any atom is 0.255 e. The zero-order valence-electron chi connectivity index (χ0n) is 14.2. The summed E-state index contributed by atoms with van der Waals surface area (Å²) in [6, 6.07) is 1.54. The van der Waals surface area contributed by atoms with Gasteiger partial charge in [-0.15, -0.1) is 0 Å². The van der Waals surface area contributed by atoms with E-state index in [0.717, 1.165) is 32.4 Å². The van der Waals surface area contributed by atoms with Gasteiger partial charge in [-0.3, -0.25) is 14.2 Å². The number of aromatic nitrogens is 2. The zero-order valence-corrected chi connectivity index (χ0v) is 14.2. The Labute approximate surface area is 136 Å². The number of nitrogens with zero attached hydrogens (tertiary/aromatic N) is 3. The summed E-state index contributed by atoms with van der Waals surface area (Å²) in [5.74, 6) is 0.407. The second-order valence-corrected chi connectivity index (χ2v) is 5.98. The highest BCUT2D eigenvalue weighted by molar-refractivity contribution is 5.76. The molecule has 0 bridgehead atoms. The molecule has 1 amide bonds. The van der Waals surface area contributed by atoms with Gasteiger partial charge in [-0.1, -0.05) is 6.92 Å². The molecule has 7 heteroatoms. The zero-order chi connectivity index (χ0) is 16.8. The smallest absolute Gasteiger partial charge is 0.255 e. The quantitative estimate of drug-likeness (QED) is 0.807. The first-order chi connectivity index (χ1) is 11.0. The molecule has 0 radical (unpaired) electrons. The van der Waals surface area contributed by atoms with Crippen LogP contribution in [-0.4, -0.2) is 41.7 Å². The lowest BCUT2D eigenvalue weighted by atomic mass is 10.2. The summed E-state index contributed by atoms with van der Waals surface area (Å²) < 4.78 is 6.54. The highest BCUT2D eigenvalue weighted by atomic mass is 16.5. The number of hydrogen-bond acceptors (Lipinski definition) is 5. The van der Waals surface area contributed by atoms with Crippen LogP contribution in [0.4, 0.5) is 5.95 Å². The normalized spacial score (nSPS) is 15.7. The van der Waals surface area contributed by atoms with Crippen molar-refractivity contribution in [1.29, 1.82) is 0 Å². The van der Waals surface area contributed by atoms with E-state index in [1.165, 1.54) is 10.6 Å². The van der Waals surface area contributed by atoms with Gasteiger partial charge in [0.25, 0.3) is 5.56 Å². The van der Waals surface area contributed by atoms with Crippen LogP contribution in [0.15, 0.2) is 10.9 Å². The SMILES string of the molecule is CC[C@@H](C)NC(=O)Cn1c(N2CCCC2)nc(COC)cc1=O. The number of carbonyl (C=O) groups is 1. The fourth-order valence-electron chi connectivity index (χ4n) is 2.64. The average molecular weight is 322 g/mol. The summed E-state index contributed by atoms with van der Waals surface area (Å²) in [6.45, 7) is 5.95. The Morgan fingerprint density at radius 3 is 2.74 bits per heavy atom. The minimum atomic E-state index is -0.215. The van der Waals surface area contributed by atoms with Crippen molar-refractivity contribution >= 4 is 11.9 Å². The number of amides is 1. The molecule has 2 rings (SSSR count). The van der Waals surface area contributed by atoms with Crippen LogP contribution in [0.25, 0.3) is 0 Å². The lowest BCUT2D eigenvalue weighted by Crippen LogP contribution is -2.39. The van der Waals surface area contributed by atoms with Crippen LogP contribution in [0.5, 0.6) is 0 Å². The third-order valence-electron chi connectivity index (χ3n) is 4.04. The van der Waals surface area contributed by atoms with E-state index in [-0.39, 0.29) is 30.7 Å². The summed E-state index contributed by atoms with van der Waals surface area (Å²) in [6.07, 6.45) is 3.00. The van der Waals surface area contributed by atoms with E-state index in [2.05, 4.69) is 15.2 Å². The summed E-state index contributed by atoms with van der Waals surface area (Å²) in [5.41, 5.74) is 0.381. The van der Waals surface area contributed by atoms with E-state index in [1.807, 2.05) is 13.8 Å². The monoisotopic (exact) mass is 322 g/mol. The Hall–Kier alpha value is -1.89. The minimum absolute atomic E-state index is 0.00469. The first kappa shape index (κ1) is 17.5. The second-order valence-electron chi connectivity index (χ2n) is 5.98. The molecule has 1 saturated heterocycles. The van der Waals surface area contributed by atoms with Gasteiger partial charge in [-0.05, 0) is 26.2 Å². The maximum absolute atomic E-state index is 12.4. The van der Waals surface area contributed by atoms with Gasteiger partial charge in [0.15, 0.2) is 0 Å². The van der Waals surface area contributed by atoms with Crippen molar-refractivity contribution in [3.8, 4) is 0 Å². The third-order valence-corrected chi connectivity index (χ3v) is 4.04. The summed E-state index contributed by atoms with van der Waals surface area (Å²) >= 11 is 0. The Morgan fingerprint density at radius 1 is 1.43 bits per heavy atom. The second kappa shape index (κ2) is 8.10. The van der Waals surface area contributed by atoms with Crippen molar-refractivity contribution in [2.45, 2.75) is 52.3 Å². The summed E-state index contributed by atoms with van der Waals surface area (Å²) in [7, 11) is 1.57. The number of hydrogen-bond donors (Lipinski definition) is 1. The fourth-order valence-corrected chi connectivity index (χ4v) is 2.64. The number of methoxy groups -OCH3 is 1. The molecular formula is C16H26N4O3. The van der Waals surface area contributed by atoms with E-state index < -0.39 is 0 Å². The van der Waals surface area contributed by atoms with Crippen molar-refractivity contribution in [3.63, 3.8) is 0 Å². The van der Waals surface area contributed by atoms with Crippen LogP contribution in [0.2, 0.25) is 0 Å². The molecule has 2 heterocycles. The first-order valence-corrected chi connectivity index (χ1v) is 8.19. The topological polar surface area (TPSA) is 76.5 Å². The van der Waals surface area contributed by atoms with Crippen LogP contribution < -0.4 is 15.8 Å². The Bertz CT molecular complexity index is 593. The predicted octanol–water partition coefficient (Wildman–Crippen LogP) is 0.905. The molecule has 1 fully saturated rings. The van der Waals surface area contributed by atoms with Gasteiger partial charge in [0.05, 0.1) is 12.3 Å². The molecule has 0 saturated carbocycles. The van der Waals surface area contributed by atoms with Crippen molar-refractivity contribution < 1.29 is 9.53 Å². The fraction of sp³-hybridized carbons (Fsp3) is 0.688. The van der Waals surface area contributed by atoms with E-state index >= 15 is 0 Å². The maximum atomic E-state index is 12.4. The van der Waals surface area contributed by atoms with E-state index in [0.29, 0.717) is 11.6 Å². The summed E-state index contributed by atoms with van der Waals surface area (Å²) in [5, 5.41) is 2.89. The van der Waals surface area contributed by atoms with Gasteiger partial charge in [0.1, 0.15) is 6.54 Å². The molecule has 1 aromatic rings. The van der Waals surface area contributed by atoms with Crippen molar-refractivity contribution in [2.75, 3.05) is 25.1 Å². The Balaban J connectivity index is 2.28. The Morgan fingerprint density at radius 2 is 2.13 bits per heavy atom. The van der Waals surface area contributed by atoms with Crippen LogP contribution in [-0.2, 0) is 22.7 Å². The number of nitrogens with one attached hydrogen (secondary N) is 1. The molecule has 1 aliphatic heterocycles. The van der Waals surface area contributed by atoms with Crippen LogP contribution in [0.3, 0.4) is 0 Å². The van der Waals surface area contributed by atoms with Crippen molar-refractivity contribution in [1.82, 2.24) is 14.9 Å². The number of anilines is 1. The molecule has 0 spiro atoms. The lowest BCUT2D eigenvalue weighted by Gasteiger charge is -2.22. The lowest BCUT2D eigenvalue weighted by molar-refractivity contribution is -0.122. The van der Waals surface area contributed by atoms with E-state index in [4.69, 9.17) is 4.74 Å². The van der Waals surface area contributed by atoms with Gasteiger partial charge < -0.3 is 15.0 Å². The van der Waals surface area contributed by atoms with E-state index in [9.17, 15) is 9.59 Å². The van der Waals surface area contributed by atoms with Crippen LogP contribution in [0, 0.1) is 0 Å². The highest BCUT2D eigenvalue weighted by Gasteiger charge is 2.21. The molecule has 0 aromatic carbocycles. The molecule has 23 heavy (non-hydrogen) atoms. The van der Waals surface area contributed by atoms with E-state index in [1.54, 1.807) is 7.11 Å². The largest absolute Gasteiger partial charge is 0.378 e. The van der Waals surface area contributed by atoms with Gasteiger partial charge >= 0.3 is 0 Å². The van der Waals surface area contributed by atoms with Crippen molar-refractivity contribution in [3.05, 3.63) is 22.1 Å². The molecule has 1 aromatic heterocycles. The van der Waals surface area contributed by atoms with Gasteiger partial charge in [-0.25, -0.2) is 4.98 Å². The molecule has 1 N–H and O–H groups in total. The number of carbonyl (C=O) groups excluding carboxylic acids is 1. The average Bonchev–Trinajstić information content (AvgIpc) is 3.04. The molecule has 128 valence electrons. The number of rotatable bonds is 7. The first-order valence-electron chi connectivity index (χ1n) is 8.19. The van der Waals surface area contributed by atoms with Crippen molar-refractivity contribution in [2.24, 2.45) is 0 Å². The predicted molar refractivity (Wildman–Crippen MR) is 88.6 cm³/mol. The molecular weight excluding hydrogens is 296 g/mol. The molecule has 7 nitrogen and oxygen atoms in total. The molecule has 1 atom stereocenters. The summed E-state index contributed by atoms with van der Waals surface area (Å²) in [4.78, 5) is 31.2. The minimum Gasteiger partial charge on any atom is -0.378 e. The van der Waals surface area contributed by atoms with Gasteiger partial charge in [-0.2, -0.15) is 0 Å². The van der Waals surface area contributed by atoms with Gasteiger partial charge in [0.2, 0.25) is 11.9 Å². The van der Waals surface area contributed by atoms with Crippen LogP contribution in [0.1, 0.15) is 38.8 Å². The molecule has 0 aliphatic carbocycles. The standard InChI is InChI=1S/C16H26N4O3/c1-4-12(2)17-14(21)10-20-15(22)9-13(11-23-3)18-16(20)19-7-5-6-8-19/h9,12H,4-8,10-11H2,1-3H3,(H,17,21)/t12-/m1/s1. The molecule has 0 unspecified atom stereocenters. The highest BCUT2D eigenvalue weighted by Crippen LogP contribution is 2.17. The third kappa shape index (κ3) is 4.54.